The molecule has 1 heterocycles. The third kappa shape index (κ3) is 3.47. The molecule has 5 heteroatoms. The predicted octanol–water partition coefficient (Wildman–Crippen LogP) is 2.14. The van der Waals surface area contributed by atoms with Gasteiger partial charge >= 0.3 is 0 Å². The van der Waals surface area contributed by atoms with E-state index in [9.17, 15) is 4.79 Å². The summed E-state index contributed by atoms with van der Waals surface area (Å²) in [6, 6.07) is 9.40. The zero-order valence-electron chi connectivity index (χ0n) is 11.4. The van der Waals surface area contributed by atoms with Crippen molar-refractivity contribution >= 4 is 5.91 Å². The van der Waals surface area contributed by atoms with Crippen LogP contribution in [0.2, 0.25) is 0 Å². The summed E-state index contributed by atoms with van der Waals surface area (Å²) in [6.07, 6.45) is 3.33. The second-order valence-corrected chi connectivity index (χ2v) is 4.28. The van der Waals surface area contributed by atoms with Gasteiger partial charge in [-0.2, -0.15) is 5.10 Å². The second kappa shape index (κ2) is 6.56. The van der Waals surface area contributed by atoms with Gasteiger partial charge in [0.05, 0.1) is 0 Å². The molecule has 1 aromatic carbocycles. The summed E-state index contributed by atoms with van der Waals surface area (Å²) in [5, 5.41) is 6.82. The first-order chi connectivity index (χ1) is 9.70. The summed E-state index contributed by atoms with van der Waals surface area (Å²) in [4.78, 5) is 11.7. The Balaban J connectivity index is 1.95. The third-order valence-electron chi connectivity index (χ3n) is 2.73. The van der Waals surface area contributed by atoms with Crippen molar-refractivity contribution in [2.45, 2.75) is 13.7 Å². The molecule has 0 spiro atoms. The van der Waals surface area contributed by atoms with Crippen molar-refractivity contribution in [3.05, 3.63) is 60.4 Å². The molecule has 0 unspecified atom stereocenters. The van der Waals surface area contributed by atoms with Gasteiger partial charge in [0.15, 0.2) is 6.73 Å². The lowest BCUT2D eigenvalue weighted by Gasteiger charge is -2.08. The maximum atomic E-state index is 11.7. The van der Waals surface area contributed by atoms with Crippen LogP contribution < -0.4 is 10.1 Å². The van der Waals surface area contributed by atoms with Crippen molar-refractivity contribution in [2.24, 2.45) is 0 Å². The van der Waals surface area contributed by atoms with Crippen LogP contribution in [-0.4, -0.2) is 22.2 Å². The zero-order chi connectivity index (χ0) is 14.4. The monoisotopic (exact) mass is 271 g/mol. The number of ether oxygens (including phenoxy) is 1. The van der Waals surface area contributed by atoms with Gasteiger partial charge in [-0.25, -0.2) is 4.68 Å². The van der Waals surface area contributed by atoms with Crippen molar-refractivity contribution in [3.8, 4) is 5.75 Å². The lowest BCUT2D eigenvalue weighted by Crippen LogP contribution is -2.24. The van der Waals surface area contributed by atoms with Gasteiger partial charge in [0.1, 0.15) is 11.4 Å². The Kier molecular flexibility index (Phi) is 4.55. The highest BCUT2D eigenvalue weighted by atomic mass is 16.5. The van der Waals surface area contributed by atoms with Gasteiger partial charge in [-0.3, -0.25) is 4.79 Å². The Morgan fingerprint density at radius 2 is 2.25 bits per heavy atom. The summed E-state index contributed by atoms with van der Waals surface area (Å²) in [7, 11) is 0. The first kappa shape index (κ1) is 13.9. The maximum absolute atomic E-state index is 11.7. The van der Waals surface area contributed by atoms with Crippen LogP contribution in [0.3, 0.4) is 0 Å². The van der Waals surface area contributed by atoms with Crippen LogP contribution in [-0.2, 0) is 6.73 Å². The molecule has 1 N–H and O–H groups in total. The average Bonchev–Trinajstić information content (AvgIpc) is 2.93. The van der Waals surface area contributed by atoms with E-state index in [1.54, 1.807) is 23.0 Å². The van der Waals surface area contributed by atoms with E-state index < -0.39 is 0 Å². The number of aryl methyl sites for hydroxylation is 1. The van der Waals surface area contributed by atoms with E-state index >= 15 is 0 Å². The van der Waals surface area contributed by atoms with E-state index in [1.165, 1.54) is 0 Å². The van der Waals surface area contributed by atoms with Crippen LogP contribution in [0.15, 0.2) is 49.2 Å². The fraction of sp³-hybridized carbons (Fsp3) is 0.200. The van der Waals surface area contributed by atoms with E-state index in [-0.39, 0.29) is 12.6 Å². The van der Waals surface area contributed by atoms with Crippen LogP contribution in [0, 0.1) is 6.92 Å². The molecule has 0 saturated carbocycles. The lowest BCUT2D eigenvalue weighted by atomic mass is 10.2. The van der Waals surface area contributed by atoms with Crippen molar-refractivity contribution in [1.82, 2.24) is 15.1 Å². The van der Waals surface area contributed by atoms with Gasteiger partial charge in [-0.15, -0.1) is 6.58 Å². The molecule has 0 aliphatic heterocycles. The molecule has 1 amide bonds. The lowest BCUT2D eigenvalue weighted by molar-refractivity contribution is 0.0951. The molecule has 0 radical (unpaired) electrons. The molecule has 104 valence electrons. The number of nitrogens with zero attached hydrogens (tertiary/aromatic N) is 2. The number of nitrogens with one attached hydrogen (secondary N) is 1. The molecule has 5 nitrogen and oxygen atoms in total. The normalized spacial score (nSPS) is 10.1. The van der Waals surface area contributed by atoms with E-state index in [4.69, 9.17) is 4.74 Å². The van der Waals surface area contributed by atoms with Gasteiger partial charge in [-0.1, -0.05) is 24.3 Å². The van der Waals surface area contributed by atoms with Crippen LogP contribution in [0.4, 0.5) is 0 Å². The van der Waals surface area contributed by atoms with Crippen LogP contribution >= 0.6 is 0 Å². The van der Waals surface area contributed by atoms with Gasteiger partial charge < -0.3 is 10.1 Å². The molecule has 0 aliphatic rings. The standard InChI is InChI=1S/C15H17N3O2/c1-3-9-16-15(19)13-8-10-18(17-13)11-20-14-7-5-4-6-12(14)2/h3-8,10H,1,9,11H2,2H3,(H,16,19). The molecule has 2 rings (SSSR count). The minimum atomic E-state index is -0.223. The third-order valence-corrected chi connectivity index (χ3v) is 2.73. The fourth-order valence-corrected chi connectivity index (χ4v) is 1.66. The second-order valence-electron chi connectivity index (χ2n) is 4.28. The largest absolute Gasteiger partial charge is 0.471 e. The number of hydrogen-bond acceptors (Lipinski definition) is 3. The number of amides is 1. The number of carbonyl (C=O) groups is 1. The summed E-state index contributed by atoms with van der Waals surface area (Å²) in [5.41, 5.74) is 1.42. The van der Waals surface area contributed by atoms with E-state index in [1.807, 2.05) is 31.2 Å². The Morgan fingerprint density at radius 3 is 3.00 bits per heavy atom. The molecular formula is C15H17N3O2. The number of benzene rings is 1. The van der Waals surface area contributed by atoms with Crippen molar-refractivity contribution < 1.29 is 9.53 Å². The number of rotatable bonds is 6. The quantitative estimate of drug-likeness (QED) is 0.819. The SMILES string of the molecule is C=CCNC(=O)c1ccn(COc2ccccc2C)n1. The molecule has 1 aromatic heterocycles. The molecule has 0 saturated heterocycles. The Morgan fingerprint density at radius 1 is 1.45 bits per heavy atom. The van der Waals surface area contributed by atoms with Crippen LogP contribution in [0.5, 0.6) is 5.75 Å². The minimum Gasteiger partial charge on any atom is -0.471 e. The van der Waals surface area contributed by atoms with E-state index in [0.29, 0.717) is 12.2 Å². The van der Waals surface area contributed by atoms with Gasteiger partial charge in [-0.05, 0) is 24.6 Å². The maximum Gasteiger partial charge on any atom is 0.272 e. The Hall–Kier alpha value is -2.56. The molecule has 0 bridgehead atoms. The number of hydrogen-bond donors (Lipinski definition) is 1. The van der Waals surface area contributed by atoms with Crippen LogP contribution in [0.25, 0.3) is 0 Å². The highest BCUT2D eigenvalue weighted by molar-refractivity contribution is 5.92. The van der Waals surface area contributed by atoms with Crippen molar-refractivity contribution in [1.29, 1.82) is 0 Å². The fourth-order valence-electron chi connectivity index (χ4n) is 1.66. The summed E-state index contributed by atoms with van der Waals surface area (Å²) in [5.74, 6) is 0.584. The average molecular weight is 271 g/mol. The smallest absolute Gasteiger partial charge is 0.272 e. The summed E-state index contributed by atoms with van der Waals surface area (Å²) in [6.45, 7) is 6.21. The van der Waals surface area contributed by atoms with E-state index in [0.717, 1.165) is 11.3 Å². The van der Waals surface area contributed by atoms with Gasteiger partial charge in [0.25, 0.3) is 5.91 Å². The topological polar surface area (TPSA) is 56.2 Å². The van der Waals surface area contributed by atoms with Gasteiger partial charge in [0.2, 0.25) is 0 Å². The van der Waals surface area contributed by atoms with Crippen LogP contribution in [0.1, 0.15) is 16.1 Å². The Bertz CT molecular complexity index is 605. The molecule has 2 aromatic rings. The predicted molar refractivity (Wildman–Crippen MR) is 76.6 cm³/mol. The van der Waals surface area contributed by atoms with Crippen molar-refractivity contribution in [3.63, 3.8) is 0 Å². The van der Waals surface area contributed by atoms with E-state index in [2.05, 4.69) is 17.0 Å². The molecule has 0 fully saturated rings. The van der Waals surface area contributed by atoms with Gasteiger partial charge in [0, 0.05) is 12.7 Å². The highest BCUT2D eigenvalue weighted by Gasteiger charge is 2.08. The zero-order valence-corrected chi connectivity index (χ0v) is 11.4. The summed E-state index contributed by atoms with van der Waals surface area (Å²) >= 11 is 0. The number of carbonyl (C=O) groups excluding carboxylic acids is 1. The minimum absolute atomic E-state index is 0.223. The molecule has 0 atom stereocenters. The number of aromatic nitrogens is 2. The first-order valence-corrected chi connectivity index (χ1v) is 6.31. The Labute approximate surface area is 117 Å². The molecule has 20 heavy (non-hydrogen) atoms. The summed E-state index contributed by atoms with van der Waals surface area (Å²) < 4.78 is 7.23. The molecular weight excluding hydrogens is 254 g/mol. The highest BCUT2D eigenvalue weighted by Crippen LogP contribution is 2.16. The number of para-hydroxylation sites is 1. The van der Waals surface area contributed by atoms with Crippen molar-refractivity contribution in [2.75, 3.05) is 6.54 Å². The first-order valence-electron chi connectivity index (χ1n) is 6.31. The molecule has 0 aliphatic carbocycles.